The smallest absolute Gasteiger partial charge is 0.410 e. The number of rotatable bonds is 3. The molecule has 27 heavy (non-hydrogen) atoms. The fourth-order valence-electron chi connectivity index (χ4n) is 5.05. The van der Waals surface area contributed by atoms with Crippen LogP contribution in [0.2, 0.25) is 0 Å². The molecular formula is C21H36N2O4. The molecule has 1 saturated carbocycles. The van der Waals surface area contributed by atoms with Gasteiger partial charge in [0.25, 0.3) is 0 Å². The fraction of sp³-hybridized carbons (Fsp3) is 0.905. The van der Waals surface area contributed by atoms with Crippen LogP contribution in [0.25, 0.3) is 0 Å². The zero-order valence-electron chi connectivity index (χ0n) is 17.4. The monoisotopic (exact) mass is 380 g/mol. The zero-order valence-corrected chi connectivity index (χ0v) is 17.4. The van der Waals surface area contributed by atoms with Gasteiger partial charge in [-0.1, -0.05) is 0 Å². The lowest BCUT2D eigenvalue weighted by molar-refractivity contribution is -0.158. The second-order valence-corrected chi connectivity index (χ2v) is 10.1. The van der Waals surface area contributed by atoms with Gasteiger partial charge in [-0.05, 0) is 84.6 Å². The predicted octanol–water partition coefficient (Wildman–Crippen LogP) is 3.60. The average molecular weight is 381 g/mol. The number of nitrogens with zero attached hydrogens (tertiary/aromatic N) is 2. The minimum absolute atomic E-state index is 0.186. The van der Waals surface area contributed by atoms with Crippen LogP contribution in [0.1, 0.15) is 66.2 Å². The van der Waals surface area contributed by atoms with Gasteiger partial charge in [0.15, 0.2) is 0 Å². The van der Waals surface area contributed by atoms with E-state index in [1.165, 1.54) is 12.8 Å². The van der Waals surface area contributed by atoms with Gasteiger partial charge in [0, 0.05) is 25.7 Å². The van der Waals surface area contributed by atoms with Crippen molar-refractivity contribution in [2.45, 2.75) is 77.9 Å². The van der Waals surface area contributed by atoms with Gasteiger partial charge < -0.3 is 19.6 Å². The Bertz CT molecular complexity index is 557. The van der Waals surface area contributed by atoms with Crippen LogP contribution in [-0.4, -0.2) is 64.8 Å². The summed E-state index contributed by atoms with van der Waals surface area (Å²) < 4.78 is 5.50. The van der Waals surface area contributed by atoms with Gasteiger partial charge in [0.05, 0.1) is 5.41 Å². The molecule has 0 aromatic carbocycles. The van der Waals surface area contributed by atoms with Gasteiger partial charge >= 0.3 is 12.1 Å². The topological polar surface area (TPSA) is 70.1 Å². The van der Waals surface area contributed by atoms with Crippen LogP contribution in [0.3, 0.4) is 0 Å². The van der Waals surface area contributed by atoms with Crippen molar-refractivity contribution < 1.29 is 19.4 Å². The van der Waals surface area contributed by atoms with E-state index in [2.05, 4.69) is 4.90 Å². The Hall–Kier alpha value is -1.30. The van der Waals surface area contributed by atoms with Gasteiger partial charge in [-0.25, -0.2) is 4.79 Å². The maximum absolute atomic E-state index is 12.2. The number of aliphatic carboxylic acids is 1. The molecule has 0 radical (unpaired) electrons. The minimum Gasteiger partial charge on any atom is -0.481 e. The molecular weight excluding hydrogens is 344 g/mol. The normalized spacial score (nSPS) is 33.4. The van der Waals surface area contributed by atoms with Crippen LogP contribution in [0, 0.1) is 17.3 Å². The summed E-state index contributed by atoms with van der Waals surface area (Å²) >= 11 is 0. The van der Waals surface area contributed by atoms with E-state index in [0.29, 0.717) is 17.9 Å². The van der Waals surface area contributed by atoms with E-state index >= 15 is 0 Å². The summed E-state index contributed by atoms with van der Waals surface area (Å²) in [7, 11) is 0. The first-order valence-corrected chi connectivity index (χ1v) is 10.5. The number of carbonyl (C=O) groups excluding carboxylic acids is 1. The Balaban J connectivity index is 1.46. The first kappa shape index (κ1) is 20.4. The van der Waals surface area contributed by atoms with Gasteiger partial charge in [0.1, 0.15) is 5.60 Å². The molecule has 6 nitrogen and oxygen atoms in total. The number of amides is 1. The van der Waals surface area contributed by atoms with E-state index < -0.39 is 17.0 Å². The van der Waals surface area contributed by atoms with Gasteiger partial charge in [-0.3, -0.25) is 4.79 Å². The highest BCUT2D eigenvalue weighted by molar-refractivity contribution is 5.75. The van der Waals surface area contributed by atoms with Crippen LogP contribution >= 0.6 is 0 Å². The standard InChI is InChI=1S/C21H36N2O4/c1-20(2,3)27-19(26)22-10-7-15(8-11-22)16-6-5-9-23(14-16)17-12-21(4,13-17)18(24)25/h15-17H,5-14H2,1-4H3,(H,24,25)/t16-,17?,21?/m0/s1. The molecule has 0 spiro atoms. The van der Waals surface area contributed by atoms with Crippen molar-refractivity contribution in [3.8, 4) is 0 Å². The van der Waals surface area contributed by atoms with E-state index in [9.17, 15) is 14.7 Å². The summed E-state index contributed by atoms with van der Waals surface area (Å²) in [5.74, 6) is 0.690. The van der Waals surface area contributed by atoms with E-state index in [1.54, 1.807) is 0 Å². The highest BCUT2D eigenvalue weighted by Crippen LogP contribution is 2.45. The SMILES string of the molecule is CC(C)(C)OC(=O)N1CCC([C@H]2CCCN(C3CC(C)(C(=O)O)C3)C2)CC1. The molecule has 1 atom stereocenters. The maximum Gasteiger partial charge on any atom is 0.410 e. The summed E-state index contributed by atoms with van der Waals surface area (Å²) in [6.45, 7) is 11.4. The third-order valence-electron chi connectivity index (χ3n) is 6.75. The van der Waals surface area contributed by atoms with Gasteiger partial charge in [-0.15, -0.1) is 0 Å². The van der Waals surface area contributed by atoms with Crippen molar-refractivity contribution in [2.75, 3.05) is 26.2 Å². The summed E-state index contributed by atoms with van der Waals surface area (Å²) in [6.07, 6.45) is 5.95. The molecule has 1 amide bonds. The van der Waals surface area contributed by atoms with Crippen molar-refractivity contribution in [2.24, 2.45) is 17.3 Å². The quantitative estimate of drug-likeness (QED) is 0.810. The largest absolute Gasteiger partial charge is 0.481 e. The average Bonchev–Trinajstić information content (AvgIpc) is 2.57. The van der Waals surface area contributed by atoms with Crippen molar-refractivity contribution >= 4 is 12.1 Å². The first-order valence-electron chi connectivity index (χ1n) is 10.5. The molecule has 6 heteroatoms. The highest BCUT2D eigenvalue weighted by Gasteiger charge is 2.49. The highest BCUT2D eigenvalue weighted by atomic mass is 16.6. The van der Waals surface area contributed by atoms with Crippen LogP contribution in [0.5, 0.6) is 0 Å². The molecule has 154 valence electrons. The molecule has 2 saturated heterocycles. The van der Waals surface area contributed by atoms with Gasteiger partial charge in [0.2, 0.25) is 0 Å². The molecule has 0 aromatic heterocycles. The minimum atomic E-state index is -0.651. The number of carboxylic acid groups (broad SMARTS) is 1. The Morgan fingerprint density at radius 1 is 1.04 bits per heavy atom. The van der Waals surface area contributed by atoms with Crippen molar-refractivity contribution in [1.29, 1.82) is 0 Å². The van der Waals surface area contributed by atoms with Crippen LogP contribution < -0.4 is 0 Å². The zero-order chi connectivity index (χ0) is 19.8. The molecule has 1 aliphatic carbocycles. The summed E-state index contributed by atoms with van der Waals surface area (Å²) in [6, 6.07) is 0.441. The fourth-order valence-corrected chi connectivity index (χ4v) is 5.05. The number of carbonyl (C=O) groups is 2. The van der Waals surface area contributed by atoms with E-state index in [-0.39, 0.29) is 6.09 Å². The van der Waals surface area contributed by atoms with Crippen molar-refractivity contribution in [3.63, 3.8) is 0 Å². The Kier molecular flexibility index (Phi) is 5.76. The molecule has 0 aromatic rings. The summed E-state index contributed by atoms with van der Waals surface area (Å²) in [5.41, 5.74) is -0.957. The number of likely N-dealkylation sites (tertiary alicyclic amines) is 2. The summed E-state index contributed by atoms with van der Waals surface area (Å²) in [5, 5.41) is 9.34. The molecule has 1 N–H and O–H groups in total. The molecule has 2 heterocycles. The Labute approximate surface area is 163 Å². The second kappa shape index (κ2) is 7.61. The third-order valence-corrected chi connectivity index (χ3v) is 6.75. The van der Waals surface area contributed by atoms with Crippen LogP contribution in [-0.2, 0) is 9.53 Å². The van der Waals surface area contributed by atoms with Crippen LogP contribution in [0.4, 0.5) is 4.79 Å². The van der Waals surface area contributed by atoms with Gasteiger partial charge in [-0.2, -0.15) is 0 Å². The van der Waals surface area contributed by atoms with E-state index in [0.717, 1.165) is 51.9 Å². The number of ether oxygens (including phenoxy) is 1. The molecule has 0 bridgehead atoms. The molecule has 2 aliphatic heterocycles. The molecule has 3 aliphatic rings. The van der Waals surface area contributed by atoms with Crippen molar-refractivity contribution in [3.05, 3.63) is 0 Å². The Morgan fingerprint density at radius 2 is 1.67 bits per heavy atom. The predicted molar refractivity (Wildman–Crippen MR) is 104 cm³/mol. The molecule has 0 unspecified atom stereocenters. The number of piperidine rings is 2. The lowest BCUT2D eigenvalue weighted by Crippen LogP contribution is -2.56. The lowest BCUT2D eigenvalue weighted by Gasteiger charge is -2.51. The number of hydrogen-bond donors (Lipinski definition) is 1. The van der Waals surface area contributed by atoms with E-state index in [1.807, 2.05) is 32.6 Å². The second-order valence-electron chi connectivity index (χ2n) is 10.1. The van der Waals surface area contributed by atoms with Crippen LogP contribution in [0.15, 0.2) is 0 Å². The first-order chi connectivity index (χ1) is 12.6. The Morgan fingerprint density at radius 3 is 2.22 bits per heavy atom. The lowest BCUT2D eigenvalue weighted by atomic mass is 9.65. The maximum atomic E-state index is 12.2. The molecule has 3 rings (SSSR count). The summed E-state index contributed by atoms with van der Waals surface area (Å²) in [4.78, 5) is 28.0. The third kappa shape index (κ3) is 4.76. The van der Waals surface area contributed by atoms with Crippen molar-refractivity contribution in [1.82, 2.24) is 9.80 Å². The number of hydrogen-bond acceptors (Lipinski definition) is 4. The number of carboxylic acids is 1. The van der Waals surface area contributed by atoms with E-state index in [4.69, 9.17) is 4.74 Å². The molecule has 3 fully saturated rings.